The van der Waals surface area contributed by atoms with Gasteiger partial charge in [0.2, 0.25) is 5.91 Å². The van der Waals surface area contributed by atoms with Crippen LogP contribution in [-0.2, 0) is 4.79 Å². The van der Waals surface area contributed by atoms with Crippen LogP contribution in [0.25, 0.3) is 0 Å². The Hall–Kier alpha value is -1.53. The predicted octanol–water partition coefficient (Wildman–Crippen LogP) is 1.72. The van der Waals surface area contributed by atoms with E-state index in [1.807, 2.05) is 0 Å². The van der Waals surface area contributed by atoms with Gasteiger partial charge in [-0.2, -0.15) is 0 Å². The number of aromatic nitrogens is 1. The standard InChI is InChI=1S/C11H9ClN2O/c1-2-8-3-11(15)14(7-8)10-4-9(12)5-13-6-10/h1,4-6,8H,3,7H2. The third-order valence-electron chi connectivity index (χ3n) is 2.36. The van der Waals surface area contributed by atoms with E-state index in [0.29, 0.717) is 23.7 Å². The molecule has 0 aromatic carbocycles. The second kappa shape index (κ2) is 3.92. The molecule has 1 amide bonds. The molecule has 0 aliphatic carbocycles. The third-order valence-corrected chi connectivity index (χ3v) is 2.57. The molecule has 76 valence electrons. The topological polar surface area (TPSA) is 33.2 Å². The van der Waals surface area contributed by atoms with Crippen molar-refractivity contribution in [2.45, 2.75) is 6.42 Å². The Morgan fingerprint density at radius 2 is 2.40 bits per heavy atom. The number of carbonyl (C=O) groups is 1. The summed E-state index contributed by atoms with van der Waals surface area (Å²) < 4.78 is 0. The van der Waals surface area contributed by atoms with Gasteiger partial charge in [0.15, 0.2) is 0 Å². The molecule has 1 fully saturated rings. The van der Waals surface area contributed by atoms with Gasteiger partial charge in [-0.1, -0.05) is 11.6 Å². The van der Waals surface area contributed by atoms with Gasteiger partial charge in [0, 0.05) is 25.1 Å². The molecule has 0 saturated carbocycles. The normalized spacial score (nSPS) is 20.4. The van der Waals surface area contributed by atoms with E-state index in [2.05, 4.69) is 10.9 Å². The fraction of sp³-hybridized carbons (Fsp3) is 0.273. The van der Waals surface area contributed by atoms with Crippen molar-refractivity contribution >= 4 is 23.2 Å². The average Bonchev–Trinajstić information content (AvgIpc) is 2.60. The lowest BCUT2D eigenvalue weighted by Gasteiger charge is -2.15. The molecule has 3 nitrogen and oxygen atoms in total. The van der Waals surface area contributed by atoms with Crippen molar-refractivity contribution in [3.63, 3.8) is 0 Å². The minimum atomic E-state index is -0.00326. The molecule has 1 saturated heterocycles. The number of hydrogen-bond acceptors (Lipinski definition) is 2. The van der Waals surface area contributed by atoms with Gasteiger partial charge in [0.1, 0.15) is 0 Å². The highest BCUT2D eigenvalue weighted by atomic mass is 35.5. The van der Waals surface area contributed by atoms with E-state index in [-0.39, 0.29) is 11.8 Å². The fourth-order valence-corrected chi connectivity index (χ4v) is 1.79. The summed E-state index contributed by atoms with van der Waals surface area (Å²) in [5.41, 5.74) is 0.713. The predicted molar refractivity (Wildman–Crippen MR) is 58.5 cm³/mol. The van der Waals surface area contributed by atoms with Crippen LogP contribution in [0, 0.1) is 18.3 Å². The minimum absolute atomic E-state index is 0.00326. The van der Waals surface area contributed by atoms with Gasteiger partial charge < -0.3 is 4.90 Å². The summed E-state index contributed by atoms with van der Waals surface area (Å²) in [6, 6.07) is 1.71. The molecule has 1 aromatic heterocycles. The van der Waals surface area contributed by atoms with Crippen LogP contribution in [0.3, 0.4) is 0 Å². The highest BCUT2D eigenvalue weighted by molar-refractivity contribution is 6.30. The average molecular weight is 221 g/mol. The number of anilines is 1. The minimum Gasteiger partial charge on any atom is -0.310 e. The van der Waals surface area contributed by atoms with E-state index in [1.165, 1.54) is 6.20 Å². The van der Waals surface area contributed by atoms with Crippen LogP contribution in [-0.4, -0.2) is 17.4 Å². The Balaban J connectivity index is 2.26. The molecule has 1 unspecified atom stereocenters. The van der Waals surface area contributed by atoms with Crippen molar-refractivity contribution < 1.29 is 4.79 Å². The summed E-state index contributed by atoms with van der Waals surface area (Å²) in [5, 5.41) is 0.518. The first-order chi connectivity index (χ1) is 7.20. The second-order valence-electron chi connectivity index (χ2n) is 3.43. The monoisotopic (exact) mass is 220 g/mol. The van der Waals surface area contributed by atoms with Crippen LogP contribution in [0.2, 0.25) is 5.02 Å². The molecule has 15 heavy (non-hydrogen) atoms. The number of pyridine rings is 1. The van der Waals surface area contributed by atoms with Crippen LogP contribution < -0.4 is 4.90 Å². The molecule has 0 radical (unpaired) electrons. The molecular formula is C11H9ClN2O. The lowest BCUT2D eigenvalue weighted by Crippen LogP contribution is -2.24. The van der Waals surface area contributed by atoms with Crippen LogP contribution in [0.15, 0.2) is 18.5 Å². The zero-order valence-corrected chi connectivity index (χ0v) is 8.74. The number of carbonyl (C=O) groups excluding carboxylic acids is 1. The van der Waals surface area contributed by atoms with Gasteiger partial charge in [0.25, 0.3) is 0 Å². The largest absolute Gasteiger partial charge is 0.310 e. The van der Waals surface area contributed by atoms with E-state index >= 15 is 0 Å². The summed E-state index contributed by atoms with van der Waals surface area (Å²) in [6.45, 7) is 0.553. The highest BCUT2D eigenvalue weighted by Gasteiger charge is 2.29. The van der Waals surface area contributed by atoms with Crippen molar-refractivity contribution in [2.24, 2.45) is 5.92 Å². The maximum atomic E-state index is 11.6. The Kier molecular flexibility index (Phi) is 2.61. The Morgan fingerprint density at radius 3 is 3.00 bits per heavy atom. The van der Waals surface area contributed by atoms with Crippen LogP contribution >= 0.6 is 11.6 Å². The summed E-state index contributed by atoms with van der Waals surface area (Å²) in [4.78, 5) is 17.2. The maximum Gasteiger partial charge on any atom is 0.228 e. The lowest BCUT2D eigenvalue weighted by atomic mass is 10.1. The van der Waals surface area contributed by atoms with Gasteiger partial charge in [-0.3, -0.25) is 9.78 Å². The first-order valence-electron chi connectivity index (χ1n) is 4.58. The van der Waals surface area contributed by atoms with E-state index in [9.17, 15) is 4.79 Å². The van der Waals surface area contributed by atoms with Gasteiger partial charge in [-0.05, 0) is 6.07 Å². The molecule has 0 spiro atoms. The van der Waals surface area contributed by atoms with Crippen molar-refractivity contribution in [1.29, 1.82) is 0 Å². The molecule has 1 atom stereocenters. The number of nitrogens with zero attached hydrogens (tertiary/aromatic N) is 2. The van der Waals surface area contributed by atoms with Crippen LogP contribution in [0.4, 0.5) is 5.69 Å². The first-order valence-corrected chi connectivity index (χ1v) is 4.95. The van der Waals surface area contributed by atoms with Gasteiger partial charge in [-0.25, -0.2) is 0 Å². The maximum absolute atomic E-state index is 11.6. The number of amides is 1. The van der Waals surface area contributed by atoms with E-state index in [1.54, 1.807) is 17.2 Å². The molecule has 0 N–H and O–H groups in total. The van der Waals surface area contributed by atoms with Gasteiger partial charge >= 0.3 is 0 Å². The van der Waals surface area contributed by atoms with Gasteiger partial charge in [-0.15, -0.1) is 12.3 Å². The molecule has 0 bridgehead atoms. The van der Waals surface area contributed by atoms with E-state index in [0.717, 1.165) is 0 Å². The van der Waals surface area contributed by atoms with Crippen molar-refractivity contribution in [3.05, 3.63) is 23.5 Å². The Morgan fingerprint density at radius 1 is 1.60 bits per heavy atom. The van der Waals surface area contributed by atoms with Crippen LogP contribution in [0.5, 0.6) is 0 Å². The fourth-order valence-electron chi connectivity index (χ4n) is 1.62. The van der Waals surface area contributed by atoms with Crippen LogP contribution in [0.1, 0.15) is 6.42 Å². The van der Waals surface area contributed by atoms with Crippen molar-refractivity contribution in [3.8, 4) is 12.3 Å². The number of hydrogen-bond donors (Lipinski definition) is 0. The Labute approximate surface area is 93.1 Å². The smallest absolute Gasteiger partial charge is 0.228 e. The molecule has 1 aromatic rings. The quantitative estimate of drug-likeness (QED) is 0.676. The zero-order chi connectivity index (χ0) is 10.8. The Bertz CT molecular complexity index is 438. The SMILES string of the molecule is C#CC1CC(=O)N(c2cncc(Cl)c2)C1. The number of terminal acetylenes is 1. The highest BCUT2D eigenvalue weighted by Crippen LogP contribution is 2.25. The molecule has 1 aliphatic rings. The van der Waals surface area contributed by atoms with E-state index in [4.69, 9.17) is 18.0 Å². The second-order valence-corrected chi connectivity index (χ2v) is 3.87. The molecule has 4 heteroatoms. The third kappa shape index (κ3) is 1.95. The summed E-state index contributed by atoms with van der Waals surface area (Å²) in [7, 11) is 0. The summed E-state index contributed by atoms with van der Waals surface area (Å²) in [6.07, 6.45) is 8.85. The first kappa shape index (κ1) is 10.0. The summed E-state index contributed by atoms with van der Waals surface area (Å²) in [5.74, 6) is 2.62. The molecule has 2 rings (SSSR count). The lowest BCUT2D eigenvalue weighted by molar-refractivity contribution is -0.117. The zero-order valence-electron chi connectivity index (χ0n) is 7.98. The summed E-state index contributed by atoms with van der Waals surface area (Å²) >= 11 is 5.80. The number of rotatable bonds is 1. The molecule has 1 aliphatic heterocycles. The van der Waals surface area contributed by atoms with Crippen molar-refractivity contribution in [2.75, 3.05) is 11.4 Å². The van der Waals surface area contributed by atoms with Gasteiger partial charge in [0.05, 0.1) is 16.9 Å². The van der Waals surface area contributed by atoms with Crippen molar-refractivity contribution in [1.82, 2.24) is 4.98 Å². The molecular weight excluding hydrogens is 212 g/mol. The van der Waals surface area contributed by atoms with E-state index < -0.39 is 0 Å². The number of halogens is 1. The molecule has 2 heterocycles.